The molecule has 0 fully saturated rings. The van der Waals surface area contributed by atoms with E-state index in [2.05, 4.69) is 15.4 Å². The highest BCUT2D eigenvalue weighted by Gasteiger charge is 2.19. The van der Waals surface area contributed by atoms with Crippen molar-refractivity contribution < 1.29 is 14.3 Å². The molecule has 1 N–H and O–H groups in total. The van der Waals surface area contributed by atoms with Gasteiger partial charge in [-0.15, -0.1) is 11.3 Å². The van der Waals surface area contributed by atoms with Gasteiger partial charge in [-0.05, 0) is 46.8 Å². The van der Waals surface area contributed by atoms with E-state index in [4.69, 9.17) is 4.74 Å². The van der Waals surface area contributed by atoms with Gasteiger partial charge >= 0.3 is 5.97 Å². The summed E-state index contributed by atoms with van der Waals surface area (Å²) in [5.74, 6) is -0.955. The van der Waals surface area contributed by atoms with Crippen molar-refractivity contribution in [1.82, 2.24) is 14.8 Å². The number of nitrogens with one attached hydrogen (secondary N) is 1. The first-order chi connectivity index (χ1) is 13.3. The fourth-order valence-electron chi connectivity index (χ4n) is 2.85. The van der Waals surface area contributed by atoms with E-state index in [0.717, 1.165) is 22.0 Å². The average molecular weight is 398 g/mol. The first kappa shape index (κ1) is 19.8. The van der Waals surface area contributed by atoms with E-state index in [1.807, 2.05) is 52.0 Å². The molecule has 0 aliphatic carbocycles. The third kappa shape index (κ3) is 4.12. The maximum Gasteiger partial charge on any atom is 0.350 e. The third-order valence-electron chi connectivity index (χ3n) is 4.26. The minimum Gasteiger partial charge on any atom is -0.451 e. The number of anilines is 1. The van der Waals surface area contributed by atoms with Gasteiger partial charge in [-0.3, -0.25) is 4.79 Å². The van der Waals surface area contributed by atoms with Crippen molar-refractivity contribution in [1.29, 1.82) is 0 Å². The molecular weight excluding hydrogens is 376 g/mol. The van der Waals surface area contributed by atoms with Gasteiger partial charge in [-0.25, -0.2) is 14.5 Å². The predicted octanol–water partition coefficient (Wildman–Crippen LogP) is 3.67. The molecule has 3 rings (SSSR count). The Labute approximate surface area is 167 Å². The van der Waals surface area contributed by atoms with Crippen molar-refractivity contribution in [2.75, 3.05) is 11.9 Å². The summed E-state index contributed by atoms with van der Waals surface area (Å²) in [6.45, 7) is 8.91. The molecule has 1 aromatic carbocycles. The molecule has 28 heavy (non-hydrogen) atoms. The molecule has 0 radical (unpaired) electrons. The number of aryl methyl sites for hydroxylation is 4. The van der Waals surface area contributed by atoms with Gasteiger partial charge in [-0.2, -0.15) is 5.10 Å². The first-order valence-electron chi connectivity index (χ1n) is 8.80. The van der Waals surface area contributed by atoms with Crippen LogP contribution in [0.5, 0.6) is 0 Å². The van der Waals surface area contributed by atoms with Crippen LogP contribution in [0.3, 0.4) is 0 Å². The number of aromatic nitrogens is 3. The van der Waals surface area contributed by atoms with Gasteiger partial charge in [0.1, 0.15) is 4.88 Å². The van der Waals surface area contributed by atoms with E-state index >= 15 is 0 Å². The number of benzene rings is 1. The standard InChI is InChI=1S/C20H22N4O3S/c1-11-6-8-16(9-7-11)24-14(4)18(12(2)23-24)22-17(25)10-27-20(26)19-13(3)21-15(5)28-19/h6-9H,10H2,1-5H3,(H,22,25). The Morgan fingerprint density at radius 1 is 1.07 bits per heavy atom. The van der Waals surface area contributed by atoms with Crippen molar-refractivity contribution >= 4 is 28.9 Å². The number of hydrogen-bond acceptors (Lipinski definition) is 6. The fourth-order valence-corrected chi connectivity index (χ4v) is 3.67. The topological polar surface area (TPSA) is 86.1 Å². The molecule has 2 aromatic heterocycles. The highest BCUT2D eigenvalue weighted by atomic mass is 32.1. The van der Waals surface area contributed by atoms with Gasteiger partial charge in [0.25, 0.3) is 5.91 Å². The molecule has 0 unspecified atom stereocenters. The minimum absolute atomic E-state index is 0.371. The molecule has 0 saturated carbocycles. The quantitative estimate of drug-likeness (QED) is 0.663. The second-order valence-electron chi connectivity index (χ2n) is 6.56. The van der Waals surface area contributed by atoms with Crippen molar-refractivity contribution in [2.45, 2.75) is 34.6 Å². The van der Waals surface area contributed by atoms with Gasteiger partial charge in [0.05, 0.1) is 33.5 Å². The zero-order chi connectivity index (χ0) is 20.4. The van der Waals surface area contributed by atoms with Gasteiger partial charge in [-0.1, -0.05) is 17.7 Å². The number of rotatable bonds is 5. The zero-order valence-corrected chi connectivity index (χ0v) is 17.3. The van der Waals surface area contributed by atoms with E-state index in [1.165, 1.54) is 11.3 Å². The van der Waals surface area contributed by atoms with E-state index in [1.54, 1.807) is 11.6 Å². The van der Waals surface area contributed by atoms with Crippen LogP contribution in [0.4, 0.5) is 5.69 Å². The number of ether oxygens (including phenoxy) is 1. The van der Waals surface area contributed by atoms with E-state index < -0.39 is 11.9 Å². The van der Waals surface area contributed by atoms with Crippen molar-refractivity contribution in [3.63, 3.8) is 0 Å². The Hall–Kier alpha value is -3.00. The molecule has 0 saturated heterocycles. The molecule has 2 heterocycles. The molecule has 3 aromatic rings. The van der Waals surface area contributed by atoms with E-state index in [9.17, 15) is 9.59 Å². The summed E-state index contributed by atoms with van der Waals surface area (Å²) in [4.78, 5) is 29.0. The molecule has 8 heteroatoms. The van der Waals surface area contributed by atoms with Crippen molar-refractivity contribution in [3.8, 4) is 5.69 Å². The molecule has 7 nitrogen and oxygen atoms in total. The van der Waals surface area contributed by atoms with Crippen molar-refractivity contribution in [3.05, 3.63) is 56.8 Å². The van der Waals surface area contributed by atoms with Crippen LogP contribution in [0.15, 0.2) is 24.3 Å². The number of thiazole rings is 1. The fraction of sp³-hybridized carbons (Fsp3) is 0.300. The summed E-state index contributed by atoms with van der Waals surface area (Å²) in [6.07, 6.45) is 0. The Kier molecular flexibility index (Phi) is 5.60. The van der Waals surface area contributed by atoms with Crippen LogP contribution in [-0.2, 0) is 9.53 Å². The van der Waals surface area contributed by atoms with Crippen LogP contribution in [0.25, 0.3) is 5.69 Å². The maximum absolute atomic E-state index is 12.3. The summed E-state index contributed by atoms with van der Waals surface area (Å²) < 4.78 is 6.91. The first-order valence-corrected chi connectivity index (χ1v) is 9.62. The molecule has 0 aliphatic rings. The second kappa shape index (κ2) is 7.93. The minimum atomic E-state index is -0.540. The Morgan fingerprint density at radius 2 is 1.75 bits per heavy atom. The molecular formula is C20H22N4O3S. The summed E-state index contributed by atoms with van der Waals surface area (Å²) >= 11 is 1.25. The number of hydrogen-bond donors (Lipinski definition) is 1. The Balaban J connectivity index is 1.68. The largest absolute Gasteiger partial charge is 0.451 e. The lowest BCUT2D eigenvalue weighted by molar-refractivity contribution is -0.119. The Bertz CT molecular complexity index is 1030. The molecule has 1 amide bonds. The van der Waals surface area contributed by atoms with Gasteiger partial charge in [0.2, 0.25) is 0 Å². The van der Waals surface area contributed by atoms with Crippen LogP contribution in [0.1, 0.15) is 37.3 Å². The van der Waals surface area contributed by atoms with Crippen LogP contribution in [-0.4, -0.2) is 33.2 Å². The normalized spacial score (nSPS) is 10.8. The number of nitrogens with zero attached hydrogens (tertiary/aromatic N) is 3. The van der Waals surface area contributed by atoms with Crippen LogP contribution in [0, 0.1) is 34.6 Å². The lowest BCUT2D eigenvalue weighted by Gasteiger charge is -2.08. The monoisotopic (exact) mass is 398 g/mol. The molecule has 0 atom stereocenters. The van der Waals surface area contributed by atoms with Gasteiger partial charge < -0.3 is 10.1 Å². The maximum atomic E-state index is 12.3. The SMILES string of the molecule is Cc1ccc(-n2nc(C)c(NC(=O)COC(=O)c3sc(C)nc3C)c2C)cc1. The summed E-state index contributed by atoms with van der Waals surface area (Å²) in [5.41, 5.74) is 4.79. The Morgan fingerprint density at radius 3 is 2.36 bits per heavy atom. The van der Waals surface area contributed by atoms with E-state index in [0.29, 0.717) is 22.0 Å². The van der Waals surface area contributed by atoms with Gasteiger partial charge in [0, 0.05) is 0 Å². The summed E-state index contributed by atoms with van der Waals surface area (Å²) in [5, 5.41) is 8.08. The van der Waals surface area contributed by atoms with Crippen LogP contribution >= 0.6 is 11.3 Å². The third-order valence-corrected chi connectivity index (χ3v) is 5.31. The second-order valence-corrected chi connectivity index (χ2v) is 7.77. The highest BCUT2D eigenvalue weighted by molar-refractivity contribution is 7.13. The average Bonchev–Trinajstić information content (AvgIpc) is 3.13. The van der Waals surface area contributed by atoms with Crippen LogP contribution in [0.2, 0.25) is 0 Å². The number of esters is 1. The molecule has 0 aliphatic heterocycles. The molecule has 146 valence electrons. The highest BCUT2D eigenvalue weighted by Crippen LogP contribution is 2.23. The molecule has 0 bridgehead atoms. The van der Waals surface area contributed by atoms with E-state index in [-0.39, 0.29) is 6.61 Å². The lowest BCUT2D eigenvalue weighted by Crippen LogP contribution is -2.21. The van der Waals surface area contributed by atoms with Crippen molar-refractivity contribution in [2.24, 2.45) is 0 Å². The summed E-state index contributed by atoms with van der Waals surface area (Å²) in [6, 6.07) is 7.96. The number of amides is 1. The number of carbonyl (C=O) groups excluding carboxylic acids is 2. The predicted molar refractivity (Wildman–Crippen MR) is 108 cm³/mol. The summed E-state index contributed by atoms with van der Waals surface area (Å²) in [7, 11) is 0. The number of carbonyl (C=O) groups is 2. The molecule has 0 spiro atoms. The van der Waals surface area contributed by atoms with Gasteiger partial charge in [0.15, 0.2) is 6.61 Å². The zero-order valence-electron chi connectivity index (χ0n) is 16.5. The van der Waals surface area contributed by atoms with Crippen LogP contribution < -0.4 is 5.32 Å². The smallest absolute Gasteiger partial charge is 0.350 e. The lowest BCUT2D eigenvalue weighted by atomic mass is 10.2.